The quantitative estimate of drug-likeness (QED) is 0.898. The van der Waals surface area contributed by atoms with E-state index >= 15 is 0 Å². The fraction of sp³-hybridized carbons (Fsp3) is 0.462. The lowest BCUT2D eigenvalue weighted by molar-refractivity contribution is -0.128. The van der Waals surface area contributed by atoms with Gasteiger partial charge in [-0.2, -0.15) is 13.2 Å². The molecular formula is C13H15F3N2OS. The van der Waals surface area contributed by atoms with Gasteiger partial charge in [0.05, 0.1) is 19.1 Å². The molecule has 1 aromatic carbocycles. The molecule has 0 spiro atoms. The van der Waals surface area contributed by atoms with Crippen molar-refractivity contribution in [1.29, 1.82) is 0 Å². The Morgan fingerprint density at radius 2 is 2.10 bits per heavy atom. The van der Waals surface area contributed by atoms with Crippen LogP contribution >= 0.6 is 11.8 Å². The maximum atomic E-state index is 12.0. The minimum Gasteiger partial charge on any atom is -0.348 e. The van der Waals surface area contributed by atoms with E-state index in [-0.39, 0.29) is 12.6 Å². The highest BCUT2D eigenvalue weighted by molar-refractivity contribution is 7.99. The molecule has 2 N–H and O–H groups in total. The van der Waals surface area contributed by atoms with E-state index in [0.717, 1.165) is 22.6 Å². The average Bonchev–Trinajstić information content (AvgIpc) is 2.37. The Kier molecular flexibility index (Phi) is 4.93. The van der Waals surface area contributed by atoms with Crippen molar-refractivity contribution < 1.29 is 18.0 Å². The van der Waals surface area contributed by atoms with Crippen molar-refractivity contribution in [3.63, 3.8) is 0 Å². The first kappa shape index (κ1) is 15.2. The summed E-state index contributed by atoms with van der Waals surface area (Å²) in [6.07, 6.45) is -3.51. The van der Waals surface area contributed by atoms with Crippen molar-refractivity contribution in [2.75, 3.05) is 18.8 Å². The number of carbonyl (C=O) groups is 1. The zero-order chi connectivity index (χ0) is 14.6. The topological polar surface area (TPSA) is 41.1 Å². The van der Waals surface area contributed by atoms with Crippen molar-refractivity contribution in [2.45, 2.75) is 23.5 Å². The van der Waals surface area contributed by atoms with Crippen LogP contribution in [-0.4, -0.2) is 30.9 Å². The summed E-state index contributed by atoms with van der Waals surface area (Å²) in [4.78, 5) is 12.8. The molecule has 1 aliphatic heterocycles. The highest BCUT2D eigenvalue weighted by atomic mass is 32.2. The molecule has 0 fully saturated rings. The summed E-state index contributed by atoms with van der Waals surface area (Å²) in [6, 6.07) is 7.63. The Balaban J connectivity index is 1.86. The number of hydrogen-bond donors (Lipinski definition) is 2. The number of benzene rings is 1. The Bertz CT molecular complexity index is 479. The molecule has 2 rings (SSSR count). The van der Waals surface area contributed by atoms with Gasteiger partial charge in [-0.05, 0) is 18.1 Å². The normalized spacial score (nSPS) is 18.4. The number of nitrogens with one attached hydrogen (secondary N) is 2. The molecule has 0 radical (unpaired) electrons. The van der Waals surface area contributed by atoms with Crippen molar-refractivity contribution >= 4 is 17.7 Å². The molecule has 1 atom stereocenters. The first-order chi connectivity index (χ1) is 9.46. The van der Waals surface area contributed by atoms with Crippen LogP contribution < -0.4 is 10.6 Å². The molecule has 0 bridgehead atoms. The Hall–Kier alpha value is -1.21. The molecule has 1 unspecified atom stereocenters. The second-order valence-electron chi connectivity index (χ2n) is 4.51. The smallest absolute Gasteiger partial charge is 0.348 e. The lowest BCUT2D eigenvalue weighted by atomic mass is 10.0. The van der Waals surface area contributed by atoms with Gasteiger partial charge in [-0.25, -0.2) is 0 Å². The van der Waals surface area contributed by atoms with Gasteiger partial charge in [-0.15, -0.1) is 11.8 Å². The van der Waals surface area contributed by atoms with Gasteiger partial charge in [0.15, 0.2) is 0 Å². The molecule has 0 saturated carbocycles. The molecule has 0 saturated heterocycles. The van der Waals surface area contributed by atoms with E-state index in [9.17, 15) is 18.0 Å². The highest BCUT2D eigenvalue weighted by Crippen LogP contribution is 2.35. The first-order valence-electron chi connectivity index (χ1n) is 6.24. The van der Waals surface area contributed by atoms with Crippen molar-refractivity contribution in [3.8, 4) is 0 Å². The van der Waals surface area contributed by atoms with Gasteiger partial charge in [0.25, 0.3) is 0 Å². The number of hydrogen-bond acceptors (Lipinski definition) is 3. The molecular weight excluding hydrogens is 289 g/mol. The number of fused-ring (bicyclic) bond motifs is 1. The van der Waals surface area contributed by atoms with Gasteiger partial charge in [0.2, 0.25) is 5.91 Å². The van der Waals surface area contributed by atoms with Gasteiger partial charge < -0.3 is 10.6 Å². The minimum atomic E-state index is -4.30. The standard InChI is InChI=1S/C13H15F3N2OS/c14-13(15,16)8-17-7-12(19)18-10-5-6-20-11-4-2-1-3-9(10)11/h1-4,10,17H,5-8H2,(H,18,19). The molecule has 0 aliphatic carbocycles. The molecule has 0 aromatic heterocycles. The van der Waals surface area contributed by atoms with Crippen LogP contribution in [0.2, 0.25) is 0 Å². The fourth-order valence-electron chi connectivity index (χ4n) is 2.06. The summed E-state index contributed by atoms with van der Waals surface area (Å²) in [6.45, 7) is -1.48. The van der Waals surface area contributed by atoms with Crippen molar-refractivity contribution in [1.82, 2.24) is 10.6 Å². The van der Waals surface area contributed by atoms with Crippen LogP contribution in [0.4, 0.5) is 13.2 Å². The highest BCUT2D eigenvalue weighted by Gasteiger charge is 2.27. The van der Waals surface area contributed by atoms with Gasteiger partial charge >= 0.3 is 6.18 Å². The molecule has 1 amide bonds. The Morgan fingerprint density at radius 3 is 2.85 bits per heavy atom. The van der Waals surface area contributed by atoms with Crippen LogP contribution in [0.15, 0.2) is 29.2 Å². The number of alkyl halides is 3. The fourth-order valence-corrected chi connectivity index (χ4v) is 3.18. The first-order valence-corrected chi connectivity index (χ1v) is 7.23. The second-order valence-corrected chi connectivity index (χ2v) is 5.65. The van der Waals surface area contributed by atoms with Gasteiger partial charge in [0, 0.05) is 10.6 Å². The van der Waals surface area contributed by atoms with Crippen LogP contribution in [0.3, 0.4) is 0 Å². The summed E-state index contributed by atoms with van der Waals surface area (Å²) in [5.41, 5.74) is 1.04. The molecule has 3 nitrogen and oxygen atoms in total. The predicted octanol–water partition coefficient (Wildman–Crippen LogP) is 2.49. The van der Waals surface area contributed by atoms with E-state index in [1.54, 1.807) is 11.8 Å². The third kappa shape index (κ3) is 4.42. The summed E-state index contributed by atoms with van der Waals surface area (Å²) < 4.78 is 35.9. The number of carbonyl (C=O) groups excluding carboxylic acids is 1. The van der Waals surface area contributed by atoms with Crippen molar-refractivity contribution in [3.05, 3.63) is 29.8 Å². The monoisotopic (exact) mass is 304 g/mol. The van der Waals surface area contributed by atoms with E-state index in [1.165, 1.54) is 0 Å². The van der Waals surface area contributed by atoms with E-state index in [2.05, 4.69) is 10.6 Å². The number of amides is 1. The van der Waals surface area contributed by atoms with Crippen molar-refractivity contribution in [2.24, 2.45) is 0 Å². The van der Waals surface area contributed by atoms with Gasteiger partial charge in [0.1, 0.15) is 0 Å². The zero-order valence-electron chi connectivity index (χ0n) is 10.7. The Morgan fingerprint density at radius 1 is 1.35 bits per heavy atom. The van der Waals surface area contributed by atoms with Gasteiger partial charge in [-0.1, -0.05) is 18.2 Å². The molecule has 1 aromatic rings. The lowest BCUT2D eigenvalue weighted by Crippen LogP contribution is -2.40. The van der Waals surface area contributed by atoms with Gasteiger partial charge in [-0.3, -0.25) is 4.79 Å². The predicted molar refractivity (Wildman–Crippen MR) is 71.6 cm³/mol. The van der Waals surface area contributed by atoms with E-state index in [1.807, 2.05) is 24.3 Å². The summed E-state index contributed by atoms with van der Waals surface area (Å²) >= 11 is 1.73. The van der Waals surface area contributed by atoms with Crippen LogP contribution in [-0.2, 0) is 4.79 Å². The molecule has 20 heavy (non-hydrogen) atoms. The lowest BCUT2D eigenvalue weighted by Gasteiger charge is -2.26. The SMILES string of the molecule is O=C(CNCC(F)(F)F)NC1CCSc2ccccc21. The summed E-state index contributed by atoms with van der Waals surface area (Å²) in [7, 11) is 0. The molecule has 110 valence electrons. The minimum absolute atomic E-state index is 0.118. The second kappa shape index (κ2) is 6.49. The van der Waals surface area contributed by atoms with Crippen LogP contribution in [0.25, 0.3) is 0 Å². The summed E-state index contributed by atoms with van der Waals surface area (Å²) in [5, 5.41) is 4.88. The zero-order valence-corrected chi connectivity index (χ0v) is 11.5. The maximum absolute atomic E-state index is 12.0. The third-order valence-electron chi connectivity index (χ3n) is 2.90. The third-order valence-corrected chi connectivity index (χ3v) is 4.03. The van der Waals surface area contributed by atoms with Crippen LogP contribution in [0.5, 0.6) is 0 Å². The molecule has 7 heteroatoms. The largest absolute Gasteiger partial charge is 0.401 e. The average molecular weight is 304 g/mol. The molecule has 1 heterocycles. The summed E-state index contributed by atoms with van der Waals surface area (Å²) in [5.74, 6) is 0.471. The van der Waals surface area contributed by atoms with E-state index < -0.39 is 18.6 Å². The van der Waals surface area contributed by atoms with E-state index in [4.69, 9.17) is 0 Å². The Labute approximate surface area is 119 Å². The van der Waals surface area contributed by atoms with Crippen LogP contribution in [0, 0.1) is 0 Å². The van der Waals surface area contributed by atoms with Crippen LogP contribution in [0.1, 0.15) is 18.0 Å². The number of thioether (sulfide) groups is 1. The van der Waals surface area contributed by atoms with E-state index in [0.29, 0.717) is 0 Å². The number of halogens is 3. The molecule has 1 aliphatic rings. The maximum Gasteiger partial charge on any atom is 0.401 e. The number of rotatable bonds is 4.